The molecule has 0 unspecified atom stereocenters. The van der Waals surface area contributed by atoms with E-state index in [1.54, 1.807) is 11.3 Å². The van der Waals surface area contributed by atoms with Crippen molar-refractivity contribution in [3.05, 3.63) is 46.4 Å². The van der Waals surface area contributed by atoms with Gasteiger partial charge < -0.3 is 14.2 Å². The maximum Gasteiger partial charge on any atom is 0.264 e. The molecular formula is C19H25N3O2S. The van der Waals surface area contributed by atoms with Crippen molar-refractivity contribution in [1.82, 2.24) is 14.4 Å². The number of nitrogens with zero attached hydrogens (tertiary/aromatic N) is 3. The van der Waals surface area contributed by atoms with E-state index in [9.17, 15) is 4.79 Å². The molecule has 25 heavy (non-hydrogen) atoms. The highest BCUT2D eigenvalue weighted by Gasteiger charge is 2.25. The number of carbonyl (C=O) groups excluding carboxylic acids is 1. The Kier molecular flexibility index (Phi) is 5.20. The minimum atomic E-state index is 0.180. The summed E-state index contributed by atoms with van der Waals surface area (Å²) in [5.41, 5.74) is 0. The van der Waals surface area contributed by atoms with Crippen molar-refractivity contribution in [2.45, 2.75) is 25.5 Å². The van der Waals surface area contributed by atoms with Crippen molar-refractivity contribution in [2.24, 2.45) is 0 Å². The van der Waals surface area contributed by atoms with Crippen molar-refractivity contribution in [3.63, 3.8) is 0 Å². The largest absolute Gasteiger partial charge is 0.373 e. The Morgan fingerprint density at radius 2 is 1.92 bits per heavy atom. The lowest BCUT2D eigenvalue weighted by Crippen LogP contribution is -2.49. The SMILES string of the molecule is O=C(c1ccc([C@H]2CCCO2)s1)N1CCN(CCn2cccc2)CC1. The van der Waals surface area contributed by atoms with Crippen LogP contribution < -0.4 is 0 Å². The van der Waals surface area contributed by atoms with Crippen LogP contribution in [0.15, 0.2) is 36.7 Å². The summed E-state index contributed by atoms with van der Waals surface area (Å²) in [4.78, 5) is 19.2. The molecule has 6 heteroatoms. The van der Waals surface area contributed by atoms with Crippen LogP contribution in [0.4, 0.5) is 0 Å². The van der Waals surface area contributed by atoms with Gasteiger partial charge in [-0.15, -0.1) is 11.3 Å². The molecule has 1 atom stereocenters. The zero-order valence-corrected chi connectivity index (χ0v) is 15.3. The number of amides is 1. The number of carbonyl (C=O) groups is 1. The van der Waals surface area contributed by atoms with Crippen molar-refractivity contribution < 1.29 is 9.53 Å². The molecule has 0 aliphatic carbocycles. The minimum Gasteiger partial charge on any atom is -0.373 e. The molecule has 2 aromatic rings. The van der Waals surface area contributed by atoms with Crippen molar-refractivity contribution in [1.29, 1.82) is 0 Å². The number of hydrogen-bond acceptors (Lipinski definition) is 4. The normalized spacial score (nSPS) is 21.8. The summed E-state index contributed by atoms with van der Waals surface area (Å²) >= 11 is 1.61. The number of aromatic nitrogens is 1. The summed E-state index contributed by atoms with van der Waals surface area (Å²) < 4.78 is 7.93. The van der Waals surface area contributed by atoms with Gasteiger partial charge in [0.25, 0.3) is 5.91 Å². The van der Waals surface area contributed by atoms with Gasteiger partial charge in [0.15, 0.2) is 0 Å². The summed E-state index contributed by atoms with van der Waals surface area (Å²) in [6.07, 6.45) is 6.60. The zero-order valence-electron chi connectivity index (χ0n) is 14.5. The predicted octanol–water partition coefficient (Wildman–Crippen LogP) is 2.86. The van der Waals surface area contributed by atoms with Gasteiger partial charge in [0.1, 0.15) is 0 Å². The fraction of sp³-hybridized carbons (Fsp3) is 0.526. The van der Waals surface area contributed by atoms with E-state index in [0.29, 0.717) is 0 Å². The zero-order chi connectivity index (χ0) is 17.1. The van der Waals surface area contributed by atoms with Crippen LogP contribution in [0, 0.1) is 0 Å². The van der Waals surface area contributed by atoms with Gasteiger partial charge in [-0.05, 0) is 37.1 Å². The third kappa shape index (κ3) is 3.97. The van der Waals surface area contributed by atoms with E-state index >= 15 is 0 Å². The van der Waals surface area contributed by atoms with Crippen LogP contribution in [0.2, 0.25) is 0 Å². The highest BCUT2D eigenvalue weighted by atomic mass is 32.1. The second kappa shape index (κ2) is 7.72. The van der Waals surface area contributed by atoms with Gasteiger partial charge in [-0.1, -0.05) is 0 Å². The number of hydrogen-bond donors (Lipinski definition) is 0. The quantitative estimate of drug-likeness (QED) is 0.824. The lowest BCUT2D eigenvalue weighted by atomic mass is 10.2. The van der Waals surface area contributed by atoms with E-state index in [0.717, 1.165) is 63.6 Å². The number of ether oxygens (including phenoxy) is 1. The molecule has 0 radical (unpaired) electrons. The Labute approximate surface area is 152 Å². The highest BCUT2D eigenvalue weighted by molar-refractivity contribution is 7.14. The monoisotopic (exact) mass is 359 g/mol. The van der Waals surface area contributed by atoms with Crippen LogP contribution in [-0.4, -0.2) is 59.6 Å². The van der Waals surface area contributed by atoms with E-state index in [1.807, 2.05) is 11.0 Å². The lowest BCUT2D eigenvalue weighted by Gasteiger charge is -2.34. The van der Waals surface area contributed by atoms with Gasteiger partial charge >= 0.3 is 0 Å². The molecule has 0 saturated carbocycles. The molecule has 5 nitrogen and oxygen atoms in total. The number of piperazine rings is 1. The fourth-order valence-corrected chi connectivity index (χ4v) is 4.61. The van der Waals surface area contributed by atoms with E-state index < -0.39 is 0 Å². The first-order chi connectivity index (χ1) is 12.3. The van der Waals surface area contributed by atoms with E-state index in [1.165, 1.54) is 4.88 Å². The van der Waals surface area contributed by atoms with Crippen LogP contribution in [0.5, 0.6) is 0 Å². The standard InChI is InChI=1S/C19H25N3O2S/c23-19(18-6-5-17(25-18)16-4-3-15-24-16)22-13-11-21(12-14-22)10-9-20-7-1-2-8-20/h1-2,5-8,16H,3-4,9-15H2/t16-/m1/s1. The molecule has 134 valence electrons. The van der Waals surface area contributed by atoms with E-state index in [4.69, 9.17) is 4.74 Å². The van der Waals surface area contributed by atoms with Crippen LogP contribution in [0.1, 0.15) is 33.5 Å². The third-order valence-electron chi connectivity index (χ3n) is 5.08. The van der Waals surface area contributed by atoms with Crippen LogP contribution in [-0.2, 0) is 11.3 Å². The third-order valence-corrected chi connectivity index (χ3v) is 6.25. The Morgan fingerprint density at radius 3 is 2.64 bits per heavy atom. The van der Waals surface area contributed by atoms with Crippen LogP contribution in [0.25, 0.3) is 0 Å². The molecule has 2 aliphatic heterocycles. The molecule has 0 spiro atoms. The van der Waals surface area contributed by atoms with Gasteiger partial charge in [0.05, 0.1) is 11.0 Å². The van der Waals surface area contributed by atoms with Crippen molar-refractivity contribution in [3.8, 4) is 0 Å². The summed E-state index contributed by atoms with van der Waals surface area (Å²) in [7, 11) is 0. The molecule has 4 rings (SSSR count). The maximum absolute atomic E-state index is 12.8. The molecule has 1 amide bonds. The Bertz CT molecular complexity index is 683. The van der Waals surface area contributed by atoms with Gasteiger partial charge in [0, 0.05) is 63.1 Å². The predicted molar refractivity (Wildman–Crippen MR) is 99.0 cm³/mol. The molecular weight excluding hydrogens is 334 g/mol. The van der Waals surface area contributed by atoms with Crippen LogP contribution >= 0.6 is 11.3 Å². The Hall–Kier alpha value is -1.63. The topological polar surface area (TPSA) is 37.7 Å². The Morgan fingerprint density at radius 1 is 1.12 bits per heavy atom. The summed E-state index contributed by atoms with van der Waals surface area (Å²) in [5, 5.41) is 0. The average Bonchev–Trinajstić information content (AvgIpc) is 3.42. The van der Waals surface area contributed by atoms with Gasteiger partial charge in [-0.3, -0.25) is 9.69 Å². The average molecular weight is 359 g/mol. The Balaban J connectivity index is 1.27. The van der Waals surface area contributed by atoms with Gasteiger partial charge in [0.2, 0.25) is 0 Å². The van der Waals surface area contributed by atoms with Crippen LogP contribution in [0.3, 0.4) is 0 Å². The lowest BCUT2D eigenvalue weighted by molar-refractivity contribution is 0.0638. The fourth-order valence-electron chi connectivity index (χ4n) is 3.55. The summed E-state index contributed by atoms with van der Waals surface area (Å²) in [6, 6.07) is 8.16. The first kappa shape index (κ1) is 16.8. The van der Waals surface area contributed by atoms with Crippen molar-refractivity contribution in [2.75, 3.05) is 39.3 Å². The maximum atomic E-state index is 12.8. The second-order valence-corrected chi connectivity index (χ2v) is 7.87. The molecule has 0 N–H and O–H groups in total. The first-order valence-corrected chi connectivity index (χ1v) is 9.95. The molecule has 2 aromatic heterocycles. The van der Waals surface area contributed by atoms with Gasteiger partial charge in [-0.2, -0.15) is 0 Å². The highest BCUT2D eigenvalue weighted by Crippen LogP contribution is 2.33. The second-order valence-electron chi connectivity index (χ2n) is 6.76. The molecule has 2 aliphatic rings. The number of rotatable bonds is 5. The number of thiophene rings is 1. The molecule has 0 aromatic carbocycles. The molecule has 2 saturated heterocycles. The molecule has 0 bridgehead atoms. The minimum absolute atomic E-state index is 0.180. The molecule has 4 heterocycles. The smallest absolute Gasteiger partial charge is 0.264 e. The summed E-state index contributed by atoms with van der Waals surface area (Å²) in [6.45, 7) is 6.44. The van der Waals surface area contributed by atoms with Crippen molar-refractivity contribution >= 4 is 17.2 Å². The van der Waals surface area contributed by atoms with Gasteiger partial charge in [-0.25, -0.2) is 0 Å². The summed E-state index contributed by atoms with van der Waals surface area (Å²) in [5.74, 6) is 0.180. The van der Waals surface area contributed by atoms with E-state index in [2.05, 4.69) is 40.1 Å². The molecule has 2 fully saturated rings. The van der Waals surface area contributed by atoms with E-state index in [-0.39, 0.29) is 12.0 Å². The first-order valence-electron chi connectivity index (χ1n) is 9.13.